The lowest BCUT2D eigenvalue weighted by Crippen LogP contribution is -2.16. The van der Waals surface area contributed by atoms with Gasteiger partial charge in [-0.15, -0.1) is 15.0 Å². The lowest BCUT2D eigenvalue weighted by Gasteiger charge is -2.26. The predicted octanol–water partition coefficient (Wildman–Crippen LogP) is 6.43. The van der Waals surface area contributed by atoms with Crippen molar-refractivity contribution in [3.63, 3.8) is 0 Å². The van der Waals surface area contributed by atoms with Gasteiger partial charge in [-0.3, -0.25) is 4.79 Å². The van der Waals surface area contributed by atoms with E-state index in [0.717, 1.165) is 54.3 Å². The first-order valence-electron chi connectivity index (χ1n) is 12.1. The molecule has 1 heterocycles. The van der Waals surface area contributed by atoms with Crippen molar-refractivity contribution >= 4 is 17.0 Å². The quantitative estimate of drug-likeness (QED) is 0.284. The first-order valence-corrected chi connectivity index (χ1v) is 12.1. The van der Waals surface area contributed by atoms with Gasteiger partial charge < -0.3 is 9.84 Å². The molecular formula is C27H37N3O3. The molecule has 1 atom stereocenters. The number of ether oxygens (including phenoxy) is 1. The third-order valence-electron chi connectivity index (χ3n) is 6.07. The largest absolute Gasteiger partial charge is 0.505 e. The Bertz CT molecular complexity index is 1050. The molecule has 3 aromatic rings. The normalized spacial score (nSPS) is 12.8. The summed E-state index contributed by atoms with van der Waals surface area (Å²) in [6.45, 7) is 10.7. The minimum absolute atomic E-state index is 0.170. The maximum atomic E-state index is 11.7. The molecule has 0 amide bonds. The van der Waals surface area contributed by atoms with Crippen LogP contribution in [-0.2, 0) is 14.9 Å². The average Bonchev–Trinajstić information content (AvgIpc) is 3.21. The number of hydrogen-bond donors (Lipinski definition) is 1. The summed E-state index contributed by atoms with van der Waals surface area (Å²) in [7, 11) is 0. The van der Waals surface area contributed by atoms with Crippen LogP contribution in [0.5, 0.6) is 5.75 Å². The van der Waals surface area contributed by atoms with Crippen molar-refractivity contribution in [1.29, 1.82) is 0 Å². The molecule has 1 unspecified atom stereocenters. The molecule has 0 aliphatic heterocycles. The van der Waals surface area contributed by atoms with Crippen LogP contribution in [0.4, 0.5) is 0 Å². The molecular weight excluding hydrogens is 414 g/mol. The third kappa shape index (κ3) is 6.12. The van der Waals surface area contributed by atoms with E-state index in [0.29, 0.717) is 18.7 Å². The summed E-state index contributed by atoms with van der Waals surface area (Å²) in [4.78, 5) is 13.2. The van der Waals surface area contributed by atoms with E-state index in [4.69, 9.17) is 4.74 Å². The number of nitrogens with zero attached hydrogens (tertiary/aromatic N) is 3. The monoisotopic (exact) mass is 451 g/mol. The van der Waals surface area contributed by atoms with Gasteiger partial charge in [-0.1, -0.05) is 72.1 Å². The Labute approximate surface area is 197 Å². The number of aromatic nitrogens is 3. The fourth-order valence-corrected chi connectivity index (χ4v) is 4.10. The molecule has 178 valence electrons. The van der Waals surface area contributed by atoms with Crippen LogP contribution in [-0.4, -0.2) is 32.7 Å². The number of phenols is 1. The van der Waals surface area contributed by atoms with Crippen molar-refractivity contribution < 1.29 is 14.6 Å². The number of esters is 1. The number of phenolic OH excluding ortho intramolecular Hbond substituents is 1. The van der Waals surface area contributed by atoms with E-state index in [1.54, 1.807) is 4.80 Å². The van der Waals surface area contributed by atoms with E-state index in [-0.39, 0.29) is 23.1 Å². The molecule has 0 aliphatic carbocycles. The Morgan fingerprint density at radius 1 is 1.06 bits per heavy atom. The second-order valence-electron chi connectivity index (χ2n) is 9.72. The van der Waals surface area contributed by atoms with Crippen molar-refractivity contribution in [1.82, 2.24) is 15.0 Å². The van der Waals surface area contributed by atoms with E-state index in [1.165, 1.54) is 0 Å². The number of carbonyl (C=O) groups is 1. The SMILES string of the molecule is CCCCCC(CCOC(=O)CC)c1cc(-n2nc3ccccc3n2)c(O)c(C(C)(C)C)c1. The van der Waals surface area contributed by atoms with Gasteiger partial charge in [-0.25, -0.2) is 0 Å². The molecule has 3 rings (SSSR count). The number of benzene rings is 2. The van der Waals surface area contributed by atoms with E-state index in [2.05, 4.69) is 44.0 Å². The molecule has 1 N–H and O–H groups in total. The molecule has 0 saturated heterocycles. The van der Waals surface area contributed by atoms with Crippen molar-refractivity contribution in [3.8, 4) is 11.4 Å². The van der Waals surface area contributed by atoms with Gasteiger partial charge >= 0.3 is 5.97 Å². The van der Waals surface area contributed by atoms with Crippen molar-refractivity contribution in [2.45, 2.75) is 84.5 Å². The zero-order valence-corrected chi connectivity index (χ0v) is 20.6. The molecule has 2 aromatic carbocycles. The smallest absolute Gasteiger partial charge is 0.305 e. The van der Waals surface area contributed by atoms with Crippen molar-refractivity contribution in [3.05, 3.63) is 47.5 Å². The Morgan fingerprint density at radius 2 is 1.73 bits per heavy atom. The first kappa shape index (κ1) is 24.7. The Morgan fingerprint density at radius 3 is 2.30 bits per heavy atom. The Kier molecular flexibility index (Phi) is 8.11. The molecule has 6 nitrogen and oxygen atoms in total. The molecule has 33 heavy (non-hydrogen) atoms. The van der Waals surface area contributed by atoms with Gasteiger partial charge in [0, 0.05) is 12.0 Å². The number of fused-ring (bicyclic) bond motifs is 1. The van der Waals surface area contributed by atoms with Crippen LogP contribution in [0, 0.1) is 0 Å². The van der Waals surface area contributed by atoms with Gasteiger partial charge in [-0.05, 0) is 47.9 Å². The van der Waals surface area contributed by atoms with Crippen LogP contribution in [0.25, 0.3) is 16.7 Å². The molecule has 0 fully saturated rings. The highest BCUT2D eigenvalue weighted by Gasteiger charge is 2.25. The fraction of sp³-hybridized carbons (Fsp3) is 0.519. The average molecular weight is 452 g/mol. The maximum Gasteiger partial charge on any atom is 0.305 e. The summed E-state index contributed by atoms with van der Waals surface area (Å²) >= 11 is 0. The number of hydrogen-bond acceptors (Lipinski definition) is 5. The van der Waals surface area contributed by atoms with E-state index in [1.807, 2.05) is 37.3 Å². The summed E-state index contributed by atoms with van der Waals surface area (Å²) in [5.41, 5.74) is 3.88. The molecule has 0 aliphatic rings. The van der Waals surface area contributed by atoms with Crippen LogP contribution in [0.3, 0.4) is 0 Å². The molecule has 0 bridgehead atoms. The van der Waals surface area contributed by atoms with Crippen LogP contribution >= 0.6 is 0 Å². The van der Waals surface area contributed by atoms with E-state index in [9.17, 15) is 9.90 Å². The maximum absolute atomic E-state index is 11.7. The number of carbonyl (C=O) groups excluding carboxylic acids is 1. The van der Waals surface area contributed by atoms with Gasteiger partial charge in [0.1, 0.15) is 22.5 Å². The summed E-state index contributed by atoms with van der Waals surface area (Å²) in [5.74, 6) is 0.249. The second-order valence-corrected chi connectivity index (χ2v) is 9.72. The molecule has 0 spiro atoms. The van der Waals surface area contributed by atoms with Gasteiger partial charge in [0.2, 0.25) is 0 Å². The third-order valence-corrected chi connectivity index (χ3v) is 6.07. The van der Waals surface area contributed by atoms with Crippen molar-refractivity contribution in [2.24, 2.45) is 0 Å². The lowest BCUT2D eigenvalue weighted by molar-refractivity contribution is -0.143. The van der Waals surface area contributed by atoms with Gasteiger partial charge in [0.05, 0.1) is 6.61 Å². The topological polar surface area (TPSA) is 77.2 Å². The molecule has 0 radical (unpaired) electrons. The number of unbranched alkanes of at least 4 members (excludes halogenated alkanes) is 2. The Balaban J connectivity index is 2.04. The highest BCUT2D eigenvalue weighted by Crippen LogP contribution is 2.39. The highest BCUT2D eigenvalue weighted by molar-refractivity contribution is 5.74. The zero-order chi connectivity index (χ0) is 24.0. The summed E-state index contributed by atoms with van der Waals surface area (Å²) < 4.78 is 5.41. The standard InChI is InChI=1S/C27H37N3O3/c1-6-8-9-12-19(15-16-33-25(31)7-2)20-17-21(27(3,4)5)26(32)24(18-20)30-28-22-13-10-11-14-23(22)29-30/h10-11,13-14,17-19,32H,6-9,12,15-16H2,1-5H3. The predicted molar refractivity (Wildman–Crippen MR) is 132 cm³/mol. The van der Waals surface area contributed by atoms with E-state index < -0.39 is 0 Å². The first-order chi connectivity index (χ1) is 15.7. The van der Waals surface area contributed by atoms with Gasteiger partial charge in [0.25, 0.3) is 0 Å². The zero-order valence-electron chi connectivity index (χ0n) is 20.6. The minimum Gasteiger partial charge on any atom is -0.505 e. The van der Waals surface area contributed by atoms with Crippen molar-refractivity contribution in [2.75, 3.05) is 6.61 Å². The van der Waals surface area contributed by atoms with Gasteiger partial charge in [0.15, 0.2) is 0 Å². The van der Waals surface area contributed by atoms with Crippen LogP contribution in [0.2, 0.25) is 0 Å². The number of rotatable bonds is 10. The fourth-order valence-electron chi connectivity index (χ4n) is 4.10. The van der Waals surface area contributed by atoms with Crippen LogP contribution in [0.15, 0.2) is 36.4 Å². The van der Waals surface area contributed by atoms with E-state index >= 15 is 0 Å². The summed E-state index contributed by atoms with van der Waals surface area (Å²) in [6, 6.07) is 11.8. The Hall–Kier alpha value is -2.89. The summed E-state index contributed by atoms with van der Waals surface area (Å²) in [6.07, 6.45) is 5.55. The number of aromatic hydroxyl groups is 1. The second kappa shape index (κ2) is 10.8. The molecule has 1 aromatic heterocycles. The van der Waals surface area contributed by atoms with Crippen LogP contribution < -0.4 is 0 Å². The minimum atomic E-state index is -0.260. The molecule has 6 heteroatoms. The highest BCUT2D eigenvalue weighted by atomic mass is 16.5. The van der Waals surface area contributed by atoms with Gasteiger partial charge in [-0.2, -0.15) is 0 Å². The molecule has 0 saturated carbocycles. The van der Waals surface area contributed by atoms with Crippen LogP contribution in [0.1, 0.15) is 90.2 Å². The lowest BCUT2D eigenvalue weighted by atomic mass is 9.81. The summed E-state index contributed by atoms with van der Waals surface area (Å²) in [5, 5.41) is 20.5.